The van der Waals surface area contributed by atoms with E-state index >= 15 is 0 Å². The molecule has 3 aromatic rings. The topological polar surface area (TPSA) is 57.8 Å². The van der Waals surface area contributed by atoms with E-state index in [4.69, 9.17) is 5.11 Å². The molecule has 3 heterocycles. The van der Waals surface area contributed by atoms with Crippen LogP contribution in [0.3, 0.4) is 0 Å². The zero-order valence-electron chi connectivity index (χ0n) is 15.2. The van der Waals surface area contributed by atoms with E-state index in [2.05, 4.69) is 4.98 Å². The number of aryl methyl sites for hydroxylation is 1. The molecule has 1 aliphatic heterocycles. The third-order valence-corrected chi connectivity index (χ3v) is 5.29. The minimum atomic E-state index is -0.587. The van der Waals surface area contributed by atoms with Crippen LogP contribution in [0.15, 0.2) is 42.5 Å². The van der Waals surface area contributed by atoms with Crippen molar-refractivity contribution in [2.45, 2.75) is 26.4 Å². The summed E-state index contributed by atoms with van der Waals surface area (Å²) >= 11 is 0. The van der Waals surface area contributed by atoms with Crippen molar-refractivity contribution in [3.05, 3.63) is 70.9 Å². The summed E-state index contributed by atoms with van der Waals surface area (Å²) in [7, 11) is 0. The lowest BCUT2D eigenvalue weighted by atomic mass is 9.98. The number of halogens is 1. The van der Waals surface area contributed by atoms with Crippen LogP contribution in [0.4, 0.5) is 4.39 Å². The molecule has 2 aromatic heterocycles. The summed E-state index contributed by atoms with van der Waals surface area (Å²) in [6.45, 7) is 3.05. The molecule has 1 amide bonds. The summed E-state index contributed by atoms with van der Waals surface area (Å²) in [6.07, 6.45) is 1.75. The van der Waals surface area contributed by atoms with E-state index in [9.17, 15) is 9.18 Å². The fourth-order valence-electron chi connectivity index (χ4n) is 3.80. The number of imidazole rings is 1. The Labute approximate surface area is 157 Å². The first-order valence-corrected chi connectivity index (χ1v) is 9.18. The van der Waals surface area contributed by atoms with E-state index in [0.29, 0.717) is 30.3 Å². The highest BCUT2D eigenvalue weighted by atomic mass is 19.1. The lowest BCUT2D eigenvalue weighted by Crippen LogP contribution is -2.30. The summed E-state index contributed by atoms with van der Waals surface area (Å²) in [6, 6.07) is 13.2. The Morgan fingerprint density at radius 2 is 1.96 bits per heavy atom. The Bertz CT molecular complexity index is 981. The Morgan fingerprint density at radius 1 is 1.22 bits per heavy atom. The highest BCUT2D eigenvalue weighted by Gasteiger charge is 2.31. The molecule has 27 heavy (non-hydrogen) atoms. The van der Waals surface area contributed by atoms with Gasteiger partial charge in [0.1, 0.15) is 5.65 Å². The second-order valence-electron chi connectivity index (χ2n) is 7.20. The summed E-state index contributed by atoms with van der Waals surface area (Å²) in [5, 5.41) is 9.13. The smallest absolute Gasteiger partial charge is 0.277 e. The van der Waals surface area contributed by atoms with Gasteiger partial charge in [0.25, 0.3) is 5.91 Å². The maximum Gasteiger partial charge on any atom is 0.277 e. The first kappa shape index (κ1) is 17.7. The molecule has 1 fully saturated rings. The minimum Gasteiger partial charge on any atom is -0.392 e. The van der Waals surface area contributed by atoms with Gasteiger partial charge in [0, 0.05) is 18.8 Å². The van der Waals surface area contributed by atoms with Crippen LogP contribution in [0, 0.1) is 18.8 Å². The Balaban J connectivity index is 1.47. The summed E-state index contributed by atoms with van der Waals surface area (Å²) < 4.78 is 16.1. The Kier molecular flexibility index (Phi) is 4.66. The van der Waals surface area contributed by atoms with Crippen LogP contribution >= 0.6 is 0 Å². The number of benzene rings is 1. The number of likely N-dealkylation sites (tertiary alicyclic amines) is 1. The molecule has 1 atom stereocenters. The molecular weight excluding hydrogens is 345 g/mol. The lowest BCUT2D eigenvalue weighted by Gasteiger charge is -2.15. The van der Waals surface area contributed by atoms with Crippen molar-refractivity contribution in [3.63, 3.8) is 0 Å². The van der Waals surface area contributed by atoms with Crippen LogP contribution in [-0.4, -0.2) is 38.4 Å². The molecule has 0 radical (unpaired) electrons. The van der Waals surface area contributed by atoms with Gasteiger partial charge in [0.05, 0.1) is 6.61 Å². The van der Waals surface area contributed by atoms with Crippen molar-refractivity contribution in [1.82, 2.24) is 14.3 Å². The minimum absolute atomic E-state index is 0.0377. The van der Waals surface area contributed by atoms with Crippen LogP contribution in [-0.2, 0) is 13.0 Å². The predicted octanol–water partition coefficient (Wildman–Crippen LogP) is 2.98. The molecule has 4 rings (SSSR count). The van der Waals surface area contributed by atoms with E-state index in [0.717, 1.165) is 18.4 Å². The van der Waals surface area contributed by atoms with Crippen molar-refractivity contribution >= 4 is 11.6 Å². The van der Waals surface area contributed by atoms with Crippen LogP contribution in [0.2, 0.25) is 0 Å². The zero-order valence-corrected chi connectivity index (χ0v) is 15.2. The SMILES string of the molecule is Cc1cccc2nc(C(=O)N3CCC(Cc4ccc(CO)cc4)C3)c(F)n12. The predicted molar refractivity (Wildman–Crippen MR) is 100.0 cm³/mol. The van der Waals surface area contributed by atoms with Gasteiger partial charge < -0.3 is 10.0 Å². The van der Waals surface area contributed by atoms with E-state index < -0.39 is 5.95 Å². The number of carbonyl (C=O) groups excluding carboxylic acids is 1. The Morgan fingerprint density at radius 3 is 2.67 bits per heavy atom. The largest absolute Gasteiger partial charge is 0.392 e. The fourth-order valence-corrected chi connectivity index (χ4v) is 3.80. The molecule has 1 unspecified atom stereocenters. The van der Waals surface area contributed by atoms with Gasteiger partial charge in [0.15, 0.2) is 5.69 Å². The lowest BCUT2D eigenvalue weighted by molar-refractivity contribution is 0.0776. The van der Waals surface area contributed by atoms with Crippen LogP contribution in [0.5, 0.6) is 0 Å². The normalized spacial score (nSPS) is 17.0. The Hall–Kier alpha value is -2.73. The van der Waals surface area contributed by atoms with Crippen LogP contribution < -0.4 is 0 Å². The van der Waals surface area contributed by atoms with Crippen LogP contribution in [0.1, 0.15) is 33.7 Å². The van der Waals surface area contributed by atoms with E-state index in [1.807, 2.05) is 24.3 Å². The molecule has 1 aliphatic rings. The first-order valence-electron chi connectivity index (χ1n) is 9.18. The molecule has 6 heteroatoms. The van der Waals surface area contributed by atoms with Gasteiger partial charge in [-0.2, -0.15) is 4.39 Å². The fraction of sp³-hybridized carbons (Fsp3) is 0.333. The molecule has 0 spiro atoms. The highest BCUT2D eigenvalue weighted by molar-refractivity contribution is 5.93. The molecule has 0 aliphatic carbocycles. The number of rotatable bonds is 4. The number of aliphatic hydroxyl groups excluding tert-OH is 1. The molecule has 5 nitrogen and oxygen atoms in total. The van der Waals surface area contributed by atoms with Crippen LogP contribution in [0.25, 0.3) is 5.65 Å². The number of aromatic nitrogens is 2. The molecule has 0 saturated carbocycles. The third kappa shape index (κ3) is 3.32. The van der Waals surface area contributed by atoms with Gasteiger partial charge in [-0.3, -0.25) is 9.20 Å². The molecule has 1 N–H and O–H groups in total. The van der Waals surface area contributed by atoms with Crippen molar-refractivity contribution in [2.24, 2.45) is 5.92 Å². The van der Waals surface area contributed by atoms with Gasteiger partial charge in [-0.15, -0.1) is 0 Å². The van der Waals surface area contributed by atoms with E-state index in [-0.39, 0.29) is 18.2 Å². The second-order valence-corrected chi connectivity index (χ2v) is 7.20. The van der Waals surface area contributed by atoms with Crippen molar-refractivity contribution in [1.29, 1.82) is 0 Å². The molecule has 1 saturated heterocycles. The van der Waals surface area contributed by atoms with Crippen molar-refractivity contribution in [2.75, 3.05) is 13.1 Å². The van der Waals surface area contributed by atoms with Gasteiger partial charge in [-0.1, -0.05) is 30.3 Å². The number of hydrogen-bond acceptors (Lipinski definition) is 3. The third-order valence-electron chi connectivity index (χ3n) is 5.29. The average Bonchev–Trinajstić information content (AvgIpc) is 3.27. The van der Waals surface area contributed by atoms with E-state index in [1.54, 1.807) is 30.0 Å². The second kappa shape index (κ2) is 7.12. The molecule has 1 aromatic carbocycles. The van der Waals surface area contributed by atoms with Gasteiger partial charge >= 0.3 is 0 Å². The molecule has 0 bridgehead atoms. The highest BCUT2D eigenvalue weighted by Crippen LogP contribution is 2.24. The summed E-state index contributed by atoms with van der Waals surface area (Å²) in [5.74, 6) is -0.583. The van der Waals surface area contributed by atoms with E-state index in [1.165, 1.54) is 9.96 Å². The molecule has 140 valence electrons. The number of amides is 1. The maximum atomic E-state index is 14.7. The number of hydrogen-bond donors (Lipinski definition) is 1. The summed E-state index contributed by atoms with van der Waals surface area (Å²) in [4.78, 5) is 18.7. The zero-order chi connectivity index (χ0) is 19.0. The number of nitrogens with zero attached hydrogens (tertiary/aromatic N) is 3. The van der Waals surface area contributed by atoms with Crippen molar-refractivity contribution in [3.8, 4) is 0 Å². The molecular formula is C21H22FN3O2. The number of fused-ring (bicyclic) bond motifs is 1. The van der Waals surface area contributed by atoms with Crippen molar-refractivity contribution < 1.29 is 14.3 Å². The average molecular weight is 367 g/mol. The monoisotopic (exact) mass is 367 g/mol. The number of carbonyl (C=O) groups is 1. The van der Waals surface area contributed by atoms with Gasteiger partial charge in [-0.25, -0.2) is 4.98 Å². The quantitative estimate of drug-likeness (QED) is 0.771. The summed E-state index contributed by atoms with van der Waals surface area (Å²) in [5.41, 5.74) is 3.13. The van der Waals surface area contributed by atoms with Gasteiger partial charge in [-0.05, 0) is 48.9 Å². The van der Waals surface area contributed by atoms with Gasteiger partial charge in [0.2, 0.25) is 5.95 Å². The maximum absolute atomic E-state index is 14.7. The number of aliphatic hydroxyl groups is 1. The number of pyridine rings is 1. The first-order chi connectivity index (χ1) is 13.1. The standard InChI is InChI=1S/C21H22FN3O2/c1-14-3-2-4-18-23-19(20(22)25(14)18)21(27)24-10-9-17(12-24)11-15-5-7-16(13-26)8-6-15/h2-8,17,26H,9-13H2,1H3.